The highest BCUT2D eigenvalue weighted by molar-refractivity contribution is 7.26. The molecule has 3 heteroatoms. The minimum atomic E-state index is 1.04. The highest BCUT2D eigenvalue weighted by Crippen LogP contribution is 2.42. The van der Waals surface area contributed by atoms with Crippen LogP contribution in [0.3, 0.4) is 0 Å². The first-order chi connectivity index (χ1) is 21.8. The predicted octanol–water partition coefficient (Wildman–Crippen LogP) is 11.7. The zero-order chi connectivity index (χ0) is 28.8. The molecule has 0 spiro atoms. The summed E-state index contributed by atoms with van der Waals surface area (Å²) in [5.41, 5.74) is 5.83. The third kappa shape index (κ3) is 3.27. The van der Waals surface area contributed by atoms with Gasteiger partial charge in [-0.15, -0.1) is 11.3 Å². The lowest BCUT2D eigenvalue weighted by atomic mass is 9.93. The third-order valence-electron chi connectivity index (χ3n) is 9.23. The molecule has 0 amide bonds. The van der Waals surface area contributed by atoms with Gasteiger partial charge in [-0.1, -0.05) is 97.1 Å². The Morgan fingerprint density at radius 3 is 1.66 bits per heavy atom. The second kappa shape index (κ2) is 9.00. The number of thiophene rings is 1. The van der Waals surface area contributed by atoms with Crippen molar-refractivity contribution in [3.8, 4) is 16.9 Å². The summed E-state index contributed by atoms with van der Waals surface area (Å²) in [4.78, 5) is 4.98. The maximum Gasteiger partial charge on any atom is 0.0880 e. The molecule has 0 aliphatic rings. The molecule has 0 fully saturated rings. The molecule has 10 rings (SSSR count). The first-order valence-corrected chi connectivity index (χ1v) is 15.8. The summed E-state index contributed by atoms with van der Waals surface area (Å²) in [6.07, 6.45) is 1.97. The van der Waals surface area contributed by atoms with E-state index in [-0.39, 0.29) is 0 Å². The summed E-state index contributed by atoms with van der Waals surface area (Å²) in [6, 6.07) is 50.9. The molecule has 2 nitrogen and oxygen atoms in total. The summed E-state index contributed by atoms with van der Waals surface area (Å²) in [7, 11) is 0. The molecule has 3 aromatic heterocycles. The number of hydrogen-bond acceptors (Lipinski definition) is 2. The van der Waals surface area contributed by atoms with E-state index in [0.717, 1.165) is 11.3 Å². The molecule has 0 atom stereocenters. The number of para-hydroxylation sites is 2. The molecule has 204 valence electrons. The van der Waals surface area contributed by atoms with E-state index in [1.54, 1.807) is 0 Å². The van der Waals surface area contributed by atoms with E-state index in [9.17, 15) is 0 Å². The van der Waals surface area contributed by atoms with Crippen LogP contribution in [0.1, 0.15) is 0 Å². The van der Waals surface area contributed by atoms with Crippen molar-refractivity contribution >= 4 is 85.6 Å². The van der Waals surface area contributed by atoms with Gasteiger partial charge in [-0.2, -0.15) is 0 Å². The molecule has 0 unspecified atom stereocenters. The predicted molar refractivity (Wildman–Crippen MR) is 189 cm³/mol. The molecule has 0 bridgehead atoms. The first-order valence-electron chi connectivity index (χ1n) is 15.0. The van der Waals surface area contributed by atoms with Gasteiger partial charge in [-0.25, -0.2) is 0 Å². The van der Waals surface area contributed by atoms with Gasteiger partial charge < -0.3 is 4.57 Å². The second-order valence-electron chi connectivity index (χ2n) is 11.5. The van der Waals surface area contributed by atoms with Crippen LogP contribution >= 0.6 is 11.3 Å². The number of pyridine rings is 1. The summed E-state index contributed by atoms with van der Waals surface area (Å²) >= 11 is 1.84. The van der Waals surface area contributed by atoms with Crippen molar-refractivity contribution in [1.29, 1.82) is 0 Å². The molecule has 0 radical (unpaired) electrons. The third-order valence-corrected chi connectivity index (χ3v) is 10.4. The Bertz CT molecular complexity index is 2690. The first kappa shape index (κ1) is 24.0. The van der Waals surface area contributed by atoms with E-state index in [2.05, 4.69) is 144 Å². The van der Waals surface area contributed by atoms with Crippen LogP contribution in [0.15, 0.2) is 146 Å². The Morgan fingerprint density at radius 2 is 1.00 bits per heavy atom. The summed E-state index contributed by atoms with van der Waals surface area (Å²) in [5.74, 6) is 0. The summed E-state index contributed by atoms with van der Waals surface area (Å²) in [6.45, 7) is 0. The number of hydrogen-bond donors (Lipinski definition) is 0. The van der Waals surface area contributed by atoms with Crippen molar-refractivity contribution in [2.45, 2.75) is 0 Å². The smallest absolute Gasteiger partial charge is 0.0880 e. The highest BCUT2D eigenvalue weighted by Gasteiger charge is 2.16. The fourth-order valence-electron chi connectivity index (χ4n) is 7.29. The van der Waals surface area contributed by atoms with Gasteiger partial charge in [-0.3, -0.25) is 4.98 Å². The van der Waals surface area contributed by atoms with Crippen LogP contribution < -0.4 is 0 Å². The van der Waals surface area contributed by atoms with E-state index < -0.39 is 0 Å². The normalized spacial score (nSPS) is 12.1. The van der Waals surface area contributed by atoms with Crippen molar-refractivity contribution in [3.05, 3.63) is 146 Å². The van der Waals surface area contributed by atoms with Crippen LogP contribution in [0.5, 0.6) is 0 Å². The molecule has 0 saturated heterocycles. The molecule has 3 heterocycles. The Hall–Kier alpha value is -5.51. The van der Waals surface area contributed by atoms with Gasteiger partial charge in [0.2, 0.25) is 0 Å². The van der Waals surface area contributed by atoms with E-state index in [0.29, 0.717) is 0 Å². The van der Waals surface area contributed by atoms with Gasteiger partial charge in [0, 0.05) is 43.7 Å². The van der Waals surface area contributed by atoms with Crippen LogP contribution in [-0.2, 0) is 0 Å². The molecular formula is C41H24N2S. The van der Waals surface area contributed by atoms with E-state index in [1.165, 1.54) is 80.0 Å². The topological polar surface area (TPSA) is 17.8 Å². The lowest BCUT2D eigenvalue weighted by molar-refractivity contribution is 1.19. The van der Waals surface area contributed by atoms with Crippen molar-refractivity contribution in [1.82, 2.24) is 9.55 Å². The molecule has 44 heavy (non-hydrogen) atoms. The number of fused-ring (bicyclic) bond motifs is 12. The molecule has 0 N–H and O–H groups in total. The summed E-state index contributed by atoms with van der Waals surface area (Å²) in [5, 5.41) is 12.8. The van der Waals surface area contributed by atoms with Crippen molar-refractivity contribution in [3.63, 3.8) is 0 Å². The van der Waals surface area contributed by atoms with E-state index in [1.807, 2.05) is 17.5 Å². The van der Waals surface area contributed by atoms with Crippen molar-refractivity contribution < 1.29 is 0 Å². The number of benzene rings is 7. The zero-order valence-electron chi connectivity index (χ0n) is 23.7. The molecular weight excluding hydrogens is 553 g/mol. The highest BCUT2D eigenvalue weighted by atomic mass is 32.1. The largest absolute Gasteiger partial charge is 0.309 e. The summed E-state index contributed by atoms with van der Waals surface area (Å²) < 4.78 is 4.90. The Morgan fingerprint density at radius 1 is 0.432 bits per heavy atom. The molecule has 0 saturated carbocycles. The van der Waals surface area contributed by atoms with Gasteiger partial charge in [-0.05, 0) is 74.8 Å². The van der Waals surface area contributed by atoms with Gasteiger partial charge >= 0.3 is 0 Å². The van der Waals surface area contributed by atoms with Crippen LogP contribution in [0, 0.1) is 0 Å². The van der Waals surface area contributed by atoms with Crippen LogP contribution in [0.25, 0.3) is 91.2 Å². The zero-order valence-corrected chi connectivity index (χ0v) is 24.5. The maximum atomic E-state index is 4.98. The lowest BCUT2D eigenvalue weighted by Crippen LogP contribution is -1.93. The van der Waals surface area contributed by atoms with Crippen molar-refractivity contribution in [2.75, 3.05) is 0 Å². The fourth-order valence-corrected chi connectivity index (χ4v) is 8.48. The van der Waals surface area contributed by atoms with Crippen LogP contribution in [0.2, 0.25) is 0 Å². The van der Waals surface area contributed by atoms with Gasteiger partial charge in [0.25, 0.3) is 0 Å². The average Bonchev–Trinajstić information content (AvgIpc) is 3.64. The van der Waals surface area contributed by atoms with Crippen LogP contribution in [0.4, 0.5) is 0 Å². The SMILES string of the molecule is c1ccc2c(c1)c1ccccc1c1cc(-c3nccc4c3sc3ccc(-n5c6ccccc6c6ccccc65)cc34)ccc21. The molecule has 10 aromatic rings. The standard InChI is InChI=1S/C41H24N2S/c1-2-11-29-27(9-1)28-10-3-4-12-30(28)35-23-25(17-19-31(29)35)40-41-34(21-22-42-40)36-24-26(18-20-39(36)44-41)43-37-15-7-5-13-32(37)33-14-6-8-16-38(33)43/h1-24H. The quantitative estimate of drug-likeness (QED) is 0.187. The number of nitrogens with zero attached hydrogens (tertiary/aromatic N) is 2. The van der Waals surface area contributed by atoms with Crippen LogP contribution in [-0.4, -0.2) is 9.55 Å². The maximum absolute atomic E-state index is 4.98. The Kier molecular flexibility index (Phi) is 4.90. The molecule has 0 aliphatic heterocycles. The van der Waals surface area contributed by atoms with Crippen molar-refractivity contribution in [2.24, 2.45) is 0 Å². The Labute approximate surface area is 257 Å². The van der Waals surface area contributed by atoms with Gasteiger partial charge in [0.05, 0.1) is 21.4 Å². The fraction of sp³-hybridized carbons (Fsp3) is 0. The minimum absolute atomic E-state index is 1.04. The second-order valence-corrected chi connectivity index (χ2v) is 12.6. The monoisotopic (exact) mass is 576 g/mol. The van der Waals surface area contributed by atoms with E-state index in [4.69, 9.17) is 4.98 Å². The average molecular weight is 577 g/mol. The minimum Gasteiger partial charge on any atom is -0.309 e. The number of aromatic nitrogens is 2. The van der Waals surface area contributed by atoms with Gasteiger partial charge in [0.15, 0.2) is 0 Å². The molecule has 7 aromatic carbocycles. The number of rotatable bonds is 2. The Balaban J connectivity index is 1.21. The molecule has 0 aliphatic carbocycles. The lowest BCUT2D eigenvalue weighted by Gasteiger charge is -2.12. The van der Waals surface area contributed by atoms with Gasteiger partial charge in [0.1, 0.15) is 0 Å². The van der Waals surface area contributed by atoms with E-state index >= 15 is 0 Å².